The van der Waals surface area contributed by atoms with Gasteiger partial charge < -0.3 is 0 Å². The zero-order chi connectivity index (χ0) is 18.0. The van der Waals surface area contributed by atoms with Gasteiger partial charge in [0, 0.05) is 0 Å². The van der Waals surface area contributed by atoms with Crippen molar-refractivity contribution in [2.24, 2.45) is 16.2 Å². The van der Waals surface area contributed by atoms with E-state index in [4.69, 9.17) is 0 Å². The van der Waals surface area contributed by atoms with Gasteiger partial charge in [0.1, 0.15) is 0 Å². The van der Waals surface area contributed by atoms with Crippen LogP contribution in [0.2, 0.25) is 0 Å². The summed E-state index contributed by atoms with van der Waals surface area (Å²) in [7, 11) is 0. The van der Waals surface area contributed by atoms with Crippen molar-refractivity contribution in [2.45, 2.75) is 80.6 Å². The van der Waals surface area contributed by atoms with Crippen LogP contribution in [0, 0.1) is 16.2 Å². The molecule has 0 heterocycles. The third kappa shape index (κ3) is 14.0. The molecule has 0 N–H and O–H groups in total. The van der Waals surface area contributed by atoms with Crippen LogP contribution in [-0.2, 0) is 0 Å². The number of thiol groups is 1. The van der Waals surface area contributed by atoms with Crippen LogP contribution >= 0.6 is 36.2 Å². The van der Waals surface area contributed by atoms with Gasteiger partial charge in [0.05, 0.1) is 0 Å². The lowest BCUT2D eigenvalue weighted by Gasteiger charge is -2.27. The molecule has 0 aromatic rings. The standard InChI is InChI=1S/C20H42S3/c1-8-9-18(2,3)10-15-23-17-20(6,7)12-14-22-13-11-19(4,5)16-21/h21H,8-17H2,1-7H3. The van der Waals surface area contributed by atoms with Crippen LogP contribution in [0.25, 0.3) is 0 Å². The molecule has 0 amide bonds. The minimum Gasteiger partial charge on any atom is -0.179 e. The first-order valence-electron chi connectivity index (χ1n) is 9.30. The summed E-state index contributed by atoms with van der Waals surface area (Å²) in [6.45, 7) is 16.7. The zero-order valence-corrected chi connectivity index (χ0v) is 19.4. The first-order chi connectivity index (χ1) is 10.5. The molecule has 0 aliphatic carbocycles. The third-order valence-electron chi connectivity index (χ3n) is 4.62. The number of thioether (sulfide) groups is 2. The Hall–Kier alpha value is 1.05. The summed E-state index contributed by atoms with van der Waals surface area (Å²) < 4.78 is 0. The lowest BCUT2D eigenvalue weighted by atomic mass is 9.85. The average Bonchev–Trinajstić information content (AvgIpc) is 2.43. The molecule has 3 heteroatoms. The molecule has 0 aliphatic rings. The molecule has 23 heavy (non-hydrogen) atoms. The fraction of sp³-hybridized carbons (Fsp3) is 1.00. The van der Waals surface area contributed by atoms with Crippen molar-refractivity contribution in [1.29, 1.82) is 0 Å². The molecule has 0 aliphatic heterocycles. The van der Waals surface area contributed by atoms with Gasteiger partial charge in [-0.1, -0.05) is 54.9 Å². The van der Waals surface area contributed by atoms with E-state index in [1.54, 1.807) is 0 Å². The van der Waals surface area contributed by atoms with Gasteiger partial charge in [-0.05, 0) is 70.7 Å². The fourth-order valence-corrected chi connectivity index (χ4v) is 5.74. The van der Waals surface area contributed by atoms with Crippen LogP contribution in [0.15, 0.2) is 0 Å². The van der Waals surface area contributed by atoms with Gasteiger partial charge in [0.15, 0.2) is 0 Å². The van der Waals surface area contributed by atoms with E-state index in [1.165, 1.54) is 55.1 Å². The molecule has 0 radical (unpaired) electrons. The Kier molecular flexibility index (Phi) is 12.2. The average molecular weight is 379 g/mol. The van der Waals surface area contributed by atoms with Crippen molar-refractivity contribution in [2.75, 3.05) is 28.8 Å². The highest BCUT2D eigenvalue weighted by Gasteiger charge is 2.20. The van der Waals surface area contributed by atoms with Crippen molar-refractivity contribution in [1.82, 2.24) is 0 Å². The Morgan fingerprint density at radius 1 is 0.652 bits per heavy atom. The van der Waals surface area contributed by atoms with Gasteiger partial charge in [0.25, 0.3) is 0 Å². The van der Waals surface area contributed by atoms with Gasteiger partial charge in [-0.15, -0.1) is 0 Å². The zero-order valence-electron chi connectivity index (χ0n) is 16.8. The van der Waals surface area contributed by atoms with E-state index in [1.807, 2.05) is 0 Å². The van der Waals surface area contributed by atoms with Crippen molar-refractivity contribution in [3.63, 3.8) is 0 Å². The molecule has 0 aromatic carbocycles. The Morgan fingerprint density at radius 3 is 1.65 bits per heavy atom. The fourth-order valence-electron chi connectivity index (χ4n) is 2.45. The quantitative estimate of drug-likeness (QED) is 0.246. The van der Waals surface area contributed by atoms with Crippen molar-refractivity contribution in [3.05, 3.63) is 0 Å². The van der Waals surface area contributed by atoms with E-state index >= 15 is 0 Å². The Labute approximate surface area is 161 Å². The second-order valence-electron chi connectivity index (χ2n) is 9.32. The molecule has 0 rings (SSSR count). The van der Waals surface area contributed by atoms with Gasteiger partial charge in [0.2, 0.25) is 0 Å². The molecule has 140 valence electrons. The summed E-state index contributed by atoms with van der Waals surface area (Å²) in [6, 6.07) is 0. The van der Waals surface area contributed by atoms with Gasteiger partial charge in [-0.3, -0.25) is 0 Å². The third-order valence-corrected chi connectivity index (χ3v) is 7.94. The molecule has 0 saturated heterocycles. The second-order valence-corrected chi connectivity index (χ2v) is 12.0. The predicted molar refractivity (Wildman–Crippen MR) is 119 cm³/mol. The summed E-state index contributed by atoms with van der Waals surface area (Å²) in [5.74, 6) is 6.20. The highest BCUT2D eigenvalue weighted by Crippen LogP contribution is 2.32. The van der Waals surface area contributed by atoms with E-state index < -0.39 is 0 Å². The molecule has 0 unspecified atom stereocenters. The smallest absolute Gasteiger partial charge is 0.00158 e. The summed E-state index contributed by atoms with van der Waals surface area (Å²) in [4.78, 5) is 0. The molecular weight excluding hydrogens is 336 g/mol. The lowest BCUT2D eigenvalue weighted by Crippen LogP contribution is -2.18. The number of rotatable bonds is 14. The van der Waals surface area contributed by atoms with Crippen molar-refractivity contribution >= 4 is 36.2 Å². The van der Waals surface area contributed by atoms with Crippen LogP contribution in [0.5, 0.6) is 0 Å². The SMILES string of the molecule is CCCC(C)(C)CCSCC(C)(C)CCSCCC(C)(C)CS. The molecular formula is C20H42S3. The normalized spacial score (nSPS) is 13.6. The number of hydrogen-bond donors (Lipinski definition) is 1. The molecule has 0 nitrogen and oxygen atoms in total. The Balaban J connectivity index is 3.77. The summed E-state index contributed by atoms with van der Waals surface area (Å²) in [5.41, 5.74) is 1.40. The summed E-state index contributed by atoms with van der Waals surface area (Å²) >= 11 is 8.74. The lowest BCUT2D eigenvalue weighted by molar-refractivity contribution is 0.321. The monoisotopic (exact) mass is 378 g/mol. The molecule has 0 saturated carbocycles. The second kappa shape index (κ2) is 11.6. The molecule has 0 fully saturated rings. The Bertz CT molecular complexity index is 295. The van der Waals surface area contributed by atoms with Crippen LogP contribution in [-0.4, -0.2) is 28.8 Å². The summed E-state index contributed by atoms with van der Waals surface area (Å²) in [6.07, 6.45) is 6.64. The van der Waals surface area contributed by atoms with E-state index in [0.717, 1.165) is 5.75 Å². The minimum absolute atomic E-state index is 0.396. The topological polar surface area (TPSA) is 0 Å². The van der Waals surface area contributed by atoms with Crippen LogP contribution < -0.4 is 0 Å². The molecule has 0 atom stereocenters. The molecule has 0 spiro atoms. The van der Waals surface area contributed by atoms with E-state index in [0.29, 0.717) is 16.2 Å². The van der Waals surface area contributed by atoms with Gasteiger partial charge in [-0.2, -0.15) is 36.2 Å². The largest absolute Gasteiger partial charge is 0.179 e. The number of hydrogen-bond acceptors (Lipinski definition) is 3. The molecule has 0 aromatic heterocycles. The van der Waals surface area contributed by atoms with Crippen LogP contribution in [0.1, 0.15) is 80.6 Å². The van der Waals surface area contributed by atoms with Crippen LogP contribution in [0.4, 0.5) is 0 Å². The maximum Gasteiger partial charge on any atom is -0.00158 e. The predicted octanol–water partition coefficient (Wildman–Crippen LogP) is 7.43. The van der Waals surface area contributed by atoms with Crippen molar-refractivity contribution in [3.8, 4) is 0 Å². The molecule has 0 bridgehead atoms. The van der Waals surface area contributed by atoms with Crippen molar-refractivity contribution < 1.29 is 0 Å². The first-order valence-corrected chi connectivity index (χ1v) is 12.2. The maximum absolute atomic E-state index is 4.44. The van der Waals surface area contributed by atoms with Gasteiger partial charge >= 0.3 is 0 Å². The van der Waals surface area contributed by atoms with Crippen LogP contribution in [0.3, 0.4) is 0 Å². The highest BCUT2D eigenvalue weighted by atomic mass is 32.2. The van der Waals surface area contributed by atoms with Gasteiger partial charge in [-0.25, -0.2) is 0 Å². The first kappa shape index (κ1) is 24.1. The van der Waals surface area contributed by atoms with E-state index in [9.17, 15) is 0 Å². The van der Waals surface area contributed by atoms with E-state index in [-0.39, 0.29) is 0 Å². The summed E-state index contributed by atoms with van der Waals surface area (Å²) in [5, 5.41) is 0. The minimum atomic E-state index is 0.396. The highest BCUT2D eigenvalue weighted by molar-refractivity contribution is 7.99. The maximum atomic E-state index is 4.44. The van der Waals surface area contributed by atoms with E-state index in [2.05, 4.69) is 84.6 Å². The Morgan fingerprint density at radius 2 is 1.13 bits per heavy atom.